The highest BCUT2D eigenvalue weighted by Crippen LogP contribution is 2.24. The van der Waals surface area contributed by atoms with E-state index in [2.05, 4.69) is 22.8 Å². The molecule has 0 bridgehead atoms. The molecule has 0 spiro atoms. The molecule has 0 aliphatic heterocycles. The van der Waals surface area contributed by atoms with Gasteiger partial charge in [-0.15, -0.1) is 0 Å². The Morgan fingerprint density at radius 3 is 2.19 bits per heavy atom. The lowest BCUT2D eigenvalue weighted by molar-refractivity contribution is -0.148. The minimum atomic E-state index is -1.43. The minimum Gasteiger partial charge on any atom is -0.457 e. The van der Waals surface area contributed by atoms with Crippen molar-refractivity contribution >= 4 is 17.6 Å². The molecule has 0 radical (unpaired) electrons. The second-order valence-electron chi connectivity index (χ2n) is 8.12. The fourth-order valence-corrected chi connectivity index (χ4v) is 3.49. The summed E-state index contributed by atoms with van der Waals surface area (Å²) in [6.07, 6.45) is 0.823. The Bertz CT molecular complexity index is 1260. The van der Waals surface area contributed by atoms with Crippen molar-refractivity contribution in [3.05, 3.63) is 114 Å². The van der Waals surface area contributed by atoms with Gasteiger partial charge in [-0.25, -0.2) is 4.79 Å². The van der Waals surface area contributed by atoms with Crippen molar-refractivity contribution in [1.29, 1.82) is 0 Å². The Kier molecular flexibility index (Phi) is 9.07. The Hall–Kier alpha value is -4.40. The van der Waals surface area contributed by atoms with E-state index in [9.17, 15) is 9.59 Å². The Morgan fingerprint density at radius 2 is 1.54 bits per heavy atom. The van der Waals surface area contributed by atoms with E-state index >= 15 is 0 Å². The van der Waals surface area contributed by atoms with Crippen LogP contribution in [0.2, 0.25) is 0 Å². The third-order valence-electron chi connectivity index (χ3n) is 5.41. The summed E-state index contributed by atoms with van der Waals surface area (Å²) in [5.41, 5.74) is 2.97. The zero-order chi connectivity index (χ0) is 25.9. The molecule has 1 atom stereocenters. The number of amides is 1. The molecule has 37 heavy (non-hydrogen) atoms. The first-order valence-electron chi connectivity index (χ1n) is 11.8. The molecule has 4 rings (SSSR count). The van der Waals surface area contributed by atoms with Crippen LogP contribution >= 0.6 is 0 Å². The summed E-state index contributed by atoms with van der Waals surface area (Å²) in [6, 6.07) is 28.1. The molecule has 3 aromatic carbocycles. The molecule has 8 nitrogen and oxygen atoms in total. The summed E-state index contributed by atoms with van der Waals surface area (Å²) in [5, 5.41) is 6.10. The van der Waals surface area contributed by atoms with E-state index in [-0.39, 0.29) is 5.76 Å². The molecule has 0 fully saturated rings. The lowest BCUT2D eigenvalue weighted by atomic mass is 10.1. The lowest BCUT2D eigenvalue weighted by Crippen LogP contribution is -2.34. The van der Waals surface area contributed by atoms with Gasteiger partial charge >= 0.3 is 5.97 Å². The van der Waals surface area contributed by atoms with Gasteiger partial charge in [0.25, 0.3) is 12.2 Å². The van der Waals surface area contributed by atoms with Gasteiger partial charge in [0.2, 0.25) is 5.76 Å². The first kappa shape index (κ1) is 25.7. The highest BCUT2D eigenvalue weighted by Gasteiger charge is 2.24. The third-order valence-corrected chi connectivity index (χ3v) is 5.41. The van der Waals surface area contributed by atoms with Gasteiger partial charge in [0.1, 0.15) is 11.5 Å². The van der Waals surface area contributed by atoms with Crippen LogP contribution in [0.1, 0.15) is 21.7 Å². The van der Waals surface area contributed by atoms with Crippen molar-refractivity contribution < 1.29 is 28.2 Å². The van der Waals surface area contributed by atoms with Crippen molar-refractivity contribution in [2.24, 2.45) is 0 Å². The first-order valence-corrected chi connectivity index (χ1v) is 11.8. The zero-order valence-electron chi connectivity index (χ0n) is 20.4. The van der Waals surface area contributed by atoms with Gasteiger partial charge in [0, 0.05) is 19.3 Å². The van der Waals surface area contributed by atoms with Crippen LogP contribution < -0.4 is 15.4 Å². The second kappa shape index (κ2) is 13.1. The molecule has 1 aromatic heterocycles. The van der Waals surface area contributed by atoms with Gasteiger partial charge in [-0.05, 0) is 72.6 Å². The standard InChI is InChI=1S/C29H28N2O6/c1-34-29(37-28(33)26-8-5-19-35-26)27(32)31-23-11-15-25(16-12-23)36-24-13-9-21(10-14-24)17-18-30-20-22-6-3-2-4-7-22/h2-16,19,29-30H,17-18,20H2,1H3,(H,31,32). The van der Waals surface area contributed by atoms with Crippen molar-refractivity contribution in [3.63, 3.8) is 0 Å². The molecule has 1 amide bonds. The number of hydrogen-bond acceptors (Lipinski definition) is 7. The maximum absolute atomic E-state index is 12.4. The van der Waals surface area contributed by atoms with Crippen LogP contribution in [-0.4, -0.2) is 31.8 Å². The SMILES string of the molecule is COC(OC(=O)c1ccco1)C(=O)Nc1ccc(Oc2ccc(CCNCc3ccccc3)cc2)cc1. The molecule has 190 valence electrons. The van der Waals surface area contributed by atoms with Crippen LogP contribution in [0, 0.1) is 0 Å². The summed E-state index contributed by atoms with van der Waals surface area (Å²) in [6.45, 7) is 1.73. The summed E-state index contributed by atoms with van der Waals surface area (Å²) in [4.78, 5) is 24.4. The average molecular weight is 501 g/mol. The Balaban J connectivity index is 1.22. The molecule has 0 saturated carbocycles. The number of furan rings is 1. The molecular formula is C29H28N2O6. The zero-order valence-corrected chi connectivity index (χ0v) is 20.4. The maximum Gasteiger partial charge on any atom is 0.376 e. The van der Waals surface area contributed by atoms with Crippen LogP contribution in [0.4, 0.5) is 5.69 Å². The molecule has 2 N–H and O–H groups in total. The van der Waals surface area contributed by atoms with Crippen LogP contribution in [0.5, 0.6) is 11.5 Å². The number of rotatable bonds is 12. The molecule has 4 aromatic rings. The largest absolute Gasteiger partial charge is 0.457 e. The molecule has 1 heterocycles. The summed E-state index contributed by atoms with van der Waals surface area (Å²) >= 11 is 0. The van der Waals surface area contributed by atoms with E-state index in [1.165, 1.54) is 30.6 Å². The average Bonchev–Trinajstić information content (AvgIpc) is 3.48. The number of anilines is 1. The fourth-order valence-electron chi connectivity index (χ4n) is 3.49. The first-order chi connectivity index (χ1) is 18.1. The van der Waals surface area contributed by atoms with Gasteiger partial charge in [0.15, 0.2) is 0 Å². The van der Waals surface area contributed by atoms with Crippen molar-refractivity contribution in [2.45, 2.75) is 19.3 Å². The number of carbonyl (C=O) groups is 2. The van der Waals surface area contributed by atoms with E-state index in [0.717, 1.165) is 19.5 Å². The molecule has 1 unspecified atom stereocenters. The molecule has 0 saturated heterocycles. The number of benzene rings is 3. The van der Waals surface area contributed by atoms with Gasteiger partial charge in [-0.1, -0.05) is 42.5 Å². The quantitative estimate of drug-likeness (QED) is 0.157. The van der Waals surface area contributed by atoms with Crippen molar-refractivity contribution in [2.75, 3.05) is 19.0 Å². The molecular weight excluding hydrogens is 472 g/mol. The van der Waals surface area contributed by atoms with Gasteiger partial charge in [-0.2, -0.15) is 0 Å². The van der Waals surface area contributed by atoms with Crippen molar-refractivity contribution in [1.82, 2.24) is 5.32 Å². The number of ether oxygens (including phenoxy) is 3. The highest BCUT2D eigenvalue weighted by molar-refractivity contribution is 5.96. The van der Waals surface area contributed by atoms with Gasteiger partial charge < -0.3 is 29.3 Å². The summed E-state index contributed by atoms with van der Waals surface area (Å²) < 4.78 is 20.9. The van der Waals surface area contributed by atoms with Gasteiger partial charge in [0.05, 0.1) is 6.26 Å². The number of carbonyl (C=O) groups excluding carboxylic acids is 2. The number of nitrogens with one attached hydrogen (secondary N) is 2. The molecule has 8 heteroatoms. The summed E-state index contributed by atoms with van der Waals surface area (Å²) in [7, 11) is 1.27. The Morgan fingerprint density at radius 1 is 0.838 bits per heavy atom. The number of methoxy groups -OCH3 is 1. The van der Waals surface area contributed by atoms with E-state index in [0.29, 0.717) is 17.2 Å². The van der Waals surface area contributed by atoms with E-state index < -0.39 is 18.2 Å². The van der Waals surface area contributed by atoms with Crippen LogP contribution in [0.15, 0.2) is 102 Å². The second-order valence-corrected chi connectivity index (χ2v) is 8.12. The third kappa shape index (κ3) is 7.79. The highest BCUT2D eigenvalue weighted by atomic mass is 16.7. The van der Waals surface area contributed by atoms with Crippen LogP contribution in [0.3, 0.4) is 0 Å². The van der Waals surface area contributed by atoms with Crippen molar-refractivity contribution in [3.8, 4) is 11.5 Å². The monoisotopic (exact) mass is 500 g/mol. The Labute approximate surface area is 215 Å². The minimum absolute atomic E-state index is 0.0240. The fraction of sp³-hybridized carbons (Fsp3) is 0.172. The predicted molar refractivity (Wildman–Crippen MR) is 138 cm³/mol. The number of hydrogen-bond donors (Lipinski definition) is 2. The van der Waals surface area contributed by atoms with E-state index in [1.807, 2.05) is 42.5 Å². The smallest absolute Gasteiger partial charge is 0.376 e. The van der Waals surface area contributed by atoms with Gasteiger partial charge in [-0.3, -0.25) is 4.79 Å². The maximum atomic E-state index is 12.4. The van der Waals surface area contributed by atoms with E-state index in [1.54, 1.807) is 30.3 Å². The van der Waals surface area contributed by atoms with Crippen LogP contribution in [-0.2, 0) is 27.2 Å². The van der Waals surface area contributed by atoms with E-state index in [4.69, 9.17) is 18.6 Å². The number of esters is 1. The molecule has 0 aliphatic carbocycles. The normalized spacial score (nSPS) is 11.5. The summed E-state index contributed by atoms with van der Waals surface area (Å²) in [5.74, 6) is -0.135. The topological polar surface area (TPSA) is 99.0 Å². The van der Waals surface area contributed by atoms with Crippen LogP contribution in [0.25, 0.3) is 0 Å². The molecule has 0 aliphatic rings. The predicted octanol–water partition coefficient (Wildman–Crippen LogP) is 5.17. The lowest BCUT2D eigenvalue weighted by Gasteiger charge is -2.15.